The third-order valence-corrected chi connectivity index (χ3v) is 5.19. The number of aromatic nitrogens is 1. The molecule has 1 fully saturated rings. The van der Waals surface area contributed by atoms with Crippen LogP contribution in [0, 0.1) is 0 Å². The average molecular weight is 317 g/mol. The summed E-state index contributed by atoms with van der Waals surface area (Å²) in [4.78, 5) is 14.1. The Labute approximate surface area is 133 Å². The summed E-state index contributed by atoms with van der Waals surface area (Å²) < 4.78 is 1.97. The van der Waals surface area contributed by atoms with Crippen LogP contribution in [0.1, 0.15) is 24.1 Å². The molecule has 0 radical (unpaired) electrons. The van der Waals surface area contributed by atoms with Gasteiger partial charge in [-0.3, -0.25) is 9.69 Å². The van der Waals surface area contributed by atoms with E-state index in [9.17, 15) is 9.90 Å². The van der Waals surface area contributed by atoms with Gasteiger partial charge >= 0.3 is 0 Å². The number of rotatable bonds is 2. The van der Waals surface area contributed by atoms with Crippen LogP contribution in [0.15, 0.2) is 41.3 Å². The lowest BCUT2D eigenvalue weighted by atomic mass is 10.0. The molecule has 0 bridgehead atoms. The van der Waals surface area contributed by atoms with E-state index in [1.165, 1.54) is 5.56 Å². The van der Waals surface area contributed by atoms with Crippen molar-refractivity contribution in [1.29, 1.82) is 0 Å². The summed E-state index contributed by atoms with van der Waals surface area (Å²) in [5, 5.41) is 10.4. The van der Waals surface area contributed by atoms with Crippen molar-refractivity contribution in [3.63, 3.8) is 0 Å². The number of halogens is 1. The third-order valence-electron chi connectivity index (χ3n) is 4.87. The van der Waals surface area contributed by atoms with Crippen molar-refractivity contribution in [2.45, 2.75) is 31.5 Å². The van der Waals surface area contributed by atoms with Crippen LogP contribution in [-0.2, 0) is 18.6 Å². The molecule has 1 aliphatic heterocycles. The molecule has 5 heteroatoms. The number of fused-ring (bicyclic) bond motifs is 1. The van der Waals surface area contributed by atoms with Gasteiger partial charge in [-0.25, -0.2) is 0 Å². The number of aromatic hydroxyl groups is 1. The molecular weight excluding hydrogens is 300 g/mol. The van der Waals surface area contributed by atoms with Gasteiger partial charge in [0.05, 0.1) is 6.20 Å². The Bertz CT molecular complexity index is 795. The fourth-order valence-electron chi connectivity index (χ4n) is 3.53. The summed E-state index contributed by atoms with van der Waals surface area (Å²) in [7, 11) is 0. The zero-order valence-corrected chi connectivity index (χ0v) is 12.9. The first kappa shape index (κ1) is 13.9. The van der Waals surface area contributed by atoms with E-state index in [4.69, 9.17) is 11.6 Å². The molecule has 4 nitrogen and oxygen atoms in total. The highest BCUT2D eigenvalue weighted by Gasteiger charge is 2.50. The summed E-state index contributed by atoms with van der Waals surface area (Å²) in [6.07, 6.45) is 3.74. The third kappa shape index (κ3) is 2.06. The Balaban J connectivity index is 1.69. The van der Waals surface area contributed by atoms with Crippen molar-refractivity contribution in [3.8, 4) is 5.75 Å². The Morgan fingerprint density at radius 3 is 2.68 bits per heavy atom. The van der Waals surface area contributed by atoms with E-state index in [0.29, 0.717) is 6.54 Å². The van der Waals surface area contributed by atoms with Crippen molar-refractivity contribution in [2.24, 2.45) is 0 Å². The van der Waals surface area contributed by atoms with E-state index in [1.54, 1.807) is 12.3 Å². The minimum Gasteiger partial charge on any atom is -0.503 e. The predicted molar refractivity (Wildman–Crippen MR) is 85.1 cm³/mol. The van der Waals surface area contributed by atoms with Gasteiger partial charge in [-0.2, -0.15) is 0 Å². The number of pyridine rings is 1. The topological polar surface area (TPSA) is 45.5 Å². The first-order chi connectivity index (χ1) is 10.6. The van der Waals surface area contributed by atoms with Crippen LogP contribution in [-0.4, -0.2) is 21.1 Å². The standard InChI is InChI=1S/C17H17ClN2O2/c18-14-4-2-1-3-13(14)17(5-6-17)20-8-7-19-11-16(22)15(21)9-12(19)10-20/h1-4,9,11,22H,5-8,10H2. The first-order valence-electron chi connectivity index (χ1n) is 7.52. The maximum absolute atomic E-state index is 11.7. The van der Waals surface area contributed by atoms with Crippen molar-refractivity contribution in [3.05, 3.63) is 63.0 Å². The lowest BCUT2D eigenvalue weighted by Gasteiger charge is -2.37. The van der Waals surface area contributed by atoms with Crippen molar-refractivity contribution in [2.75, 3.05) is 6.54 Å². The number of benzene rings is 1. The zero-order chi connectivity index (χ0) is 15.3. The fourth-order valence-corrected chi connectivity index (χ4v) is 3.84. The molecule has 1 aliphatic carbocycles. The van der Waals surface area contributed by atoms with Gasteiger partial charge in [-0.15, -0.1) is 0 Å². The molecule has 4 rings (SSSR count). The summed E-state index contributed by atoms with van der Waals surface area (Å²) >= 11 is 6.40. The maximum atomic E-state index is 11.7. The first-order valence-corrected chi connectivity index (χ1v) is 7.90. The Morgan fingerprint density at radius 1 is 1.18 bits per heavy atom. The van der Waals surface area contributed by atoms with Gasteiger partial charge in [0.15, 0.2) is 5.75 Å². The SMILES string of the molecule is O=c1cc2n(cc1O)CCN(C1(c3ccccc3Cl)CC1)C2. The molecule has 2 aliphatic rings. The molecule has 0 saturated heterocycles. The van der Waals surface area contributed by atoms with Crippen LogP contribution in [0.4, 0.5) is 0 Å². The predicted octanol–water partition coefficient (Wildman–Crippen LogP) is 2.71. The van der Waals surface area contributed by atoms with Gasteiger partial charge in [-0.05, 0) is 24.5 Å². The number of hydrogen-bond donors (Lipinski definition) is 1. The van der Waals surface area contributed by atoms with Gasteiger partial charge in [-0.1, -0.05) is 29.8 Å². The van der Waals surface area contributed by atoms with E-state index in [-0.39, 0.29) is 16.7 Å². The van der Waals surface area contributed by atoms with Gasteiger partial charge in [0.2, 0.25) is 5.43 Å². The van der Waals surface area contributed by atoms with E-state index >= 15 is 0 Å². The molecule has 22 heavy (non-hydrogen) atoms. The van der Waals surface area contributed by atoms with Gasteiger partial charge in [0.1, 0.15) is 0 Å². The molecule has 1 aromatic carbocycles. The van der Waals surface area contributed by atoms with Gasteiger partial charge in [0.25, 0.3) is 0 Å². The fraction of sp³-hybridized carbons (Fsp3) is 0.353. The van der Waals surface area contributed by atoms with E-state index in [0.717, 1.165) is 36.6 Å². The van der Waals surface area contributed by atoms with Crippen molar-refractivity contribution < 1.29 is 5.11 Å². The quantitative estimate of drug-likeness (QED) is 0.926. The number of nitrogens with zero attached hydrogens (tertiary/aromatic N) is 2. The lowest BCUT2D eigenvalue weighted by Crippen LogP contribution is -2.42. The summed E-state index contributed by atoms with van der Waals surface area (Å²) in [5.74, 6) is -0.176. The zero-order valence-electron chi connectivity index (χ0n) is 12.1. The highest BCUT2D eigenvalue weighted by Crippen LogP contribution is 2.53. The second-order valence-corrected chi connectivity index (χ2v) is 6.55. The smallest absolute Gasteiger partial charge is 0.223 e. The molecule has 2 aromatic rings. The maximum Gasteiger partial charge on any atom is 0.223 e. The summed E-state index contributed by atoms with van der Waals surface area (Å²) in [5.41, 5.74) is 1.84. The molecule has 1 saturated carbocycles. The Morgan fingerprint density at radius 2 is 1.95 bits per heavy atom. The second-order valence-electron chi connectivity index (χ2n) is 6.14. The molecule has 0 atom stereocenters. The van der Waals surface area contributed by atoms with Crippen LogP contribution >= 0.6 is 11.6 Å². The number of hydrogen-bond acceptors (Lipinski definition) is 3. The molecule has 2 heterocycles. The van der Waals surface area contributed by atoms with E-state index in [2.05, 4.69) is 11.0 Å². The van der Waals surface area contributed by atoms with Crippen LogP contribution in [0.25, 0.3) is 0 Å². The monoisotopic (exact) mass is 316 g/mol. The summed E-state index contributed by atoms with van der Waals surface area (Å²) in [6, 6.07) is 9.58. The molecule has 0 spiro atoms. The Kier molecular flexibility index (Phi) is 3.06. The highest BCUT2D eigenvalue weighted by molar-refractivity contribution is 6.31. The molecule has 0 amide bonds. The molecule has 114 valence electrons. The molecule has 0 unspecified atom stereocenters. The van der Waals surface area contributed by atoms with E-state index in [1.807, 2.05) is 22.8 Å². The Hall–Kier alpha value is -1.78. The van der Waals surface area contributed by atoms with Crippen LogP contribution in [0.5, 0.6) is 5.75 Å². The lowest BCUT2D eigenvalue weighted by molar-refractivity contribution is 0.135. The second kappa shape index (κ2) is 4.86. The molecule has 1 N–H and O–H groups in total. The molecule has 1 aromatic heterocycles. The van der Waals surface area contributed by atoms with Crippen molar-refractivity contribution >= 4 is 11.6 Å². The minimum absolute atomic E-state index is 0.0114. The van der Waals surface area contributed by atoms with E-state index < -0.39 is 0 Å². The van der Waals surface area contributed by atoms with Crippen LogP contribution in [0.2, 0.25) is 5.02 Å². The van der Waals surface area contributed by atoms with Gasteiger partial charge < -0.3 is 9.67 Å². The largest absolute Gasteiger partial charge is 0.503 e. The highest BCUT2D eigenvalue weighted by atomic mass is 35.5. The van der Waals surface area contributed by atoms with Gasteiger partial charge in [0, 0.05) is 42.0 Å². The normalized spacial score (nSPS) is 19.7. The van der Waals surface area contributed by atoms with Crippen LogP contribution < -0.4 is 5.43 Å². The molecular formula is C17H17ClN2O2. The average Bonchev–Trinajstić information content (AvgIpc) is 3.30. The summed E-state index contributed by atoms with van der Waals surface area (Å²) in [6.45, 7) is 2.37. The van der Waals surface area contributed by atoms with Crippen LogP contribution in [0.3, 0.4) is 0 Å². The minimum atomic E-state index is -0.310. The van der Waals surface area contributed by atoms with Crippen molar-refractivity contribution in [1.82, 2.24) is 9.47 Å².